The Bertz CT molecular complexity index is 249. The maximum Gasteiger partial charge on any atom is 0.209 e. The molecular weight excluding hydrogens is 188 g/mol. The summed E-state index contributed by atoms with van der Waals surface area (Å²) < 4.78 is 24.6. The van der Waals surface area contributed by atoms with Crippen LogP contribution >= 0.6 is 0 Å². The van der Waals surface area contributed by atoms with Crippen LogP contribution in [0.2, 0.25) is 0 Å². The molecule has 0 aromatic heterocycles. The van der Waals surface area contributed by atoms with Gasteiger partial charge in [-0.2, -0.15) is 0 Å². The van der Waals surface area contributed by atoms with Crippen LogP contribution in [-0.2, 0) is 10.0 Å². The second-order valence-corrected chi connectivity index (χ2v) is 5.99. The SMILES string of the molecule is CC(C)C[C@](C)(CN)NS(C)(=O)=O. The predicted molar refractivity (Wildman–Crippen MR) is 54.9 cm³/mol. The van der Waals surface area contributed by atoms with Crippen molar-refractivity contribution in [3.8, 4) is 0 Å². The lowest BCUT2D eigenvalue weighted by molar-refractivity contribution is 0.345. The van der Waals surface area contributed by atoms with E-state index in [1.807, 2.05) is 20.8 Å². The molecule has 0 bridgehead atoms. The van der Waals surface area contributed by atoms with Crippen LogP contribution in [0.5, 0.6) is 0 Å². The van der Waals surface area contributed by atoms with E-state index in [0.717, 1.165) is 12.7 Å². The summed E-state index contributed by atoms with van der Waals surface area (Å²) in [5.41, 5.74) is 5.02. The van der Waals surface area contributed by atoms with E-state index in [0.29, 0.717) is 12.5 Å². The van der Waals surface area contributed by atoms with E-state index in [4.69, 9.17) is 5.73 Å². The standard InChI is InChI=1S/C8H20N2O2S/c1-7(2)5-8(3,6-9)10-13(4,11)12/h7,10H,5-6,9H2,1-4H3/t8-/m1/s1. The molecule has 0 heterocycles. The van der Waals surface area contributed by atoms with Crippen molar-refractivity contribution in [1.29, 1.82) is 0 Å². The molecule has 80 valence electrons. The minimum atomic E-state index is -3.17. The Morgan fingerprint density at radius 3 is 2.15 bits per heavy atom. The van der Waals surface area contributed by atoms with Crippen LogP contribution in [0.3, 0.4) is 0 Å². The molecule has 0 aliphatic heterocycles. The van der Waals surface area contributed by atoms with Crippen molar-refractivity contribution in [2.75, 3.05) is 12.8 Å². The Hall–Kier alpha value is -0.130. The molecule has 0 aromatic rings. The van der Waals surface area contributed by atoms with Gasteiger partial charge in [-0.15, -0.1) is 0 Å². The number of sulfonamides is 1. The maximum atomic E-state index is 11.0. The molecule has 0 rings (SSSR count). The predicted octanol–water partition coefficient (Wildman–Crippen LogP) is 0.299. The molecule has 0 unspecified atom stereocenters. The van der Waals surface area contributed by atoms with Crippen LogP contribution in [0.25, 0.3) is 0 Å². The van der Waals surface area contributed by atoms with Crippen LogP contribution < -0.4 is 10.5 Å². The number of nitrogens with one attached hydrogen (secondary N) is 1. The first kappa shape index (κ1) is 12.9. The number of hydrogen-bond acceptors (Lipinski definition) is 3. The third-order valence-electron chi connectivity index (χ3n) is 1.74. The zero-order valence-electron chi connectivity index (χ0n) is 8.79. The first-order chi connectivity index (χ1) is 5.68. The average molecular weight is 208 g/mol. The molecule has 0 aliphatic carbocycles. The van der Waals surface area contributed by atoms with Crippen LogP contribution in [0.4, 0.5) is 0 Å². The average Bonchev–Trinajstić information content (AvgIpc) is 1.81. The lowest BCUT2D eigenvalue weighted by Crippen LogP contribution is -2.51. The highest BCUT2D eigenvalue weighted by molar-refractivity contribution is 7.88. The molecule has 4 nitrogen and oxygen atoms in total. The van der Waals surface area contributed by atoms with Crippen LogP contribution in [0.1, 0.15) is 27.2 Å². The molecule has 0 saturated heterocycles. The summed E-state index contributed by atoms with van der Waals surface area (Å²) in [7, 11) is -3.17. The summed E-state index contributed by atoms with van der Waals surface area (Å²) in [5, 5.41) is 0. The van der Waals surface area contributed by atoms with Crippen molar-refractivity contribution in [3.05, 3.63) is 0 Å². The Labute approximate surface area is 80.9 Å². The van der Waals surface area contributed by atoms with E-state index >= 15 is 0 Å². The van der Waals surface area contributed by atoms with E-state index in [1.165, 1.54) is 0 Å². The molecule has 0 radical (unpaired) electrons. The maximum absolute atomic E-state index is 11.0. The van der Waals surface area contributed by atoms with Crippen molar-refractivity contribution in [3.63, 3.8) is 0 Å². The highest BCUT2D eigenvalue weighted by atomic mass is 32.2. The Morgan fingerprint density at radius 1 is 1.46 bits per heavy atom. The fourth-order valence-electron chi connectivity index (χ4n) is 1.52. The molecule has 0 spiro atoms. The highest BCUT2D eigenvalue weighted by Crippen LogP contribution is 2.15. The van der Waals surface area contributed by atoms with Crippen molar-refractivity contribution >= 4 is 10.0 Å². The van der Waals surface area contributed by atoms with Gasteiger partial charge in [0.05, 0.1) is 6.26 Å². The van der Waals surface area contributed by atoms with Crippen LogP contribution in [-0.4, -0.2) is 26.8 Å². The Balaban J connectivity index is 4.46. The second kappa shape index (κ2) is 4.39. The van der Waals surface area contributed by atoms with E-state index in [1.54, 1.807) is 0 Å². The van der Waals surface area contributed by atoms with Crippen molar-refractivity contribution in [2.45, 2.75) is 32.7 Å². The third-order valence-corrected chi connectivity index (χ3v) is 2.60. The zero-order valence-corrected chi connectivity index (χ0v) is 9.61. The fourth-order valence-corrected chi connectivity index (χ4v) is 2.58. The van der Waals surface area contributed by atoms with Crippen LogP contribution in [0, 0.1) is 5.92 Å². The molecule has 0 aromatic carbocycles. The fraction of sp³-hybridized carbons (Fsp3) is 1.00. The summed E-state index contributed by atoms with van der Waals surface area (Å²) in [5.74, 6) is 0.419. The molecule has 0 fully saturated rings. The minimum absolute atomic E-state index is 0.318. The van der Waals surface area contributed by atoms with Gasteiger partial charge < -0.3 is 5.73 Å². The molecule has 1 atom stereocenters. The van der Waals surface area contributed by atoms with Gasteiger partial charge >= 0.3 is 0 Å². The summed E-state index contributed by atoms with van der Waals surface area (Å²) in [6, 6.07) is 0. The van der Waals surface area contributed by atoms with E-state index in [9.17, 15) is 8.42 Å². The van der Waals surface area contributed by atoms with Gasteiger partial charge in [0.2, 0.25) is 10.0 Å². The van der Waals surface area contributed by atoms with Gasteiger partial charge in [-0.25, -0.2) is 13.1 Å². The Morgan fingerprint density at radius 2 is 1.92 bits per heavy atom. The summed E-state index contributed by atoms with van der Waals surface area (Å²) in [6.07, 6.45) is 1.90. The number of nitrogens with two attached hydrogens (primary N) is 1. The molecular formula is C8H20N2O2S. The van der Waals surface area contributed by atoms with Crippen molar-refractivity contribution in [1.82, 2.24) is 4.72 Å². The lowest BCUT2D eigenvalue weighted by Gasteiger charge is -2.29. The largest absolute Gasteiger partial charge is 0.329 e. The van der Waals surface area contributed by atoms with E-state index in [-0.39, 0.29) is 0 Å². The summed E-state index contributed by atoms with van der Waals surface area (Å²) >= 11 is 0. The number of rotatable bonds is 5. The summed E-state index contributed by atoms with van der Waals surface area (Å²) in [4.78, 5) is 0. The normalized spacial score (nSPS) is 17.4. The summed E-state index contributed by atoms with van der Waals surface area (Å²) in [6.45, 7) is 6.22. The molecule has 3 N–H and O–H groups in total. The Kier molecular flexibility index (Phi) is 4.35. The quantitative estimate of drug-likeness (QED) is 0.682. The first-order valence-electron chi connectivity index (χ1n) is 4.37. The monoisotopic (exact) mass is 208 g/mol. The van der Waals surface area contributed by atoms with E-state index < -0.39 is 15.6 Å². The second-order valence-electron chi connectivity index (χ2n) is 4.24. The van der Waals surface area contributed by atoms with Gasteiger partial charge in [0.15, 0.2) is 0 Å². The number of hydrogen-bond donors (Lipinski definition) is 2. The first-order valence-corrected chi connectivity index (χ1v) is 6.27. The molecule has 13 heavy (non-hydrogen) atoms. The minimum Gasteiger partial charge on any atom is -0.329 e. The van der Waals surface area contributed by atoms with Crippen molar-refractivity contribution < 1.29 is 8.42 Å². The molecule has 5 heteroatoms. The smallest absolute Gasteiger partial charge is 0.209 e. The third kappa shape index (κ3) is 6.01. The zero-order chi connectivity index (χ0) is 10.7. The van der Waals surface area contributed by atoms with Gasteiger partial charge in [0.1, 0.15) is 0 Å². The topological polar surface area (TPSA) is 72.2 Å². The van der Waals surface area contributed by atoms with E-state index in [2.05, 4.69) is 4.72 Å². The highest BCUT2D eigenvalue weighted by Gasteiger charge is 2.26. The van der Waals surface area contributed by atoms with Gasteiger partial charge in [-0.3, -0.25) is 0 Å². The van der Waals surface area contributed by atoms with Gasteiger partial charge in [0, 0.05) is 12.1 Å². The van der Waals surface area contributed by atoms with Crippen molar-refractivity contribution in [2.24, 2.45) is 11.7 Å². The lowest BCUT2D eigenvalue weighted by atomic mass is 9.92. The van der Waals surface area contributed by atoms with Crippen LogP contribution in [0.15, 0.2) is 0 Å². The molecule has 0 saturated carbocycles. The van der Waals surface area contributed by atoms with Gasteiger partial charge in [0.25, 0.3) is 0 Å². The molecule has 0 aliphatic rings. The van der Waals surface area contributed by atoms with Gasteiger partial charge in [-0.05, 0) is 19.3 Å². The van der Waals surface area contributed by atoms with Gasteiger partial charge in [-0.1, -0.05) is 13.8 Å². The molecule has 0 amide bonds.